The van der Waals surface area contributed by atoms with Gasteiger partial charge in [0.2, 0.25) is 0 Å². The van der Waals surface area contributed by atoms with E-state index in [1.165, 1.54) is 64.2 Å². The Morgan fingerprint density at radius 3 is 0.970 bits per heavy atom. The Balaban J connectivity index is 4.47. The van der Waals surface area contributed by atoms with Crippen molar-refractivity contribution in [2.45, 2.75) is 232 Å². The normalized spacial score (nSPS) is 13.1. The summed E-state index contributed by atoms with van der Waals surface area (Å²) in [6.45, 7) is 6.31. The van der Waals surface area contributed by atoms with Crippen LogP contribution in [0, 0.1) is 0 Å². The number of rotatable bonds is 47. The number of carbonyl (C=O) groups excluding carboxylic acids is 3. The minimum absolute atomic E-state index is 0.116. The molecule has 0 bridgehead atoms. The molecule has 0 saturated heterocycles. The summed E-state index contributed by atoms with van der Waals surface area (Å²) in [5.74, 6) is -1.03. The highest BCUT2D eigenvalue weighted by Crippen LogP contribution is 2.14. The molecule has 0 aromatic rings. The fourth-order valence-electron chi connectivity index (χ4n) is 6.99. The van der Waals surface area contributed by atoms with Gasteiger partial charge in [-0.2, -0.15) is 0 Å². The first kappa shape index (κ1) is 62.8. The number of carbonyl (C=O) groups is 3. The van der Waals surface area contributed by atoms with Crippen molar-refractivity contribution in [2.75, 3.05) is 13.2 Å². The van der Waals surface area contributed by atoms with Crippen LogP contribution in [0.5, 0.6) is 0 Å². The fraction of sp³-hybridized carbons (Fsp3) is 0.623. The van der Waals surface area contributed by atoms with Gasteiger partial charge in [0, 0.05) is 19.3 Å². The van der Waals surface area contributed by atoms with E-state index in [4.69, 9.17) is 14.2 Å². The van der Waals surface area contributed by atoms with Crippen molar-refractivity contribution < 1.29 is 28.6 Å². The van der Waals surface area contributed by atoms with Crippen LogP contribution in [0.2, 0.25) is 0 Å². The first-order valence-electron chi connectivity index (χ1n) is 27.0. The molecule has 0 fully saturated rings. The first-order chi connectivity index (χ1) is 33.0. The van der Waals surface area contributed by atoms with E-state index < -0.39 is 12.1 Å². The molecule has 0 heterocycles. The van der Waals surface area contributed by atoms with Crippen molar-refractivity contribution in [3.8, 4) is 0 Å². The third-order valence-corrected chi connectivity index (χ3v) is 11.0. The van der Waals surface area contributed by atoms with Crippen molar-refractivity contribution in [1.29, 1.82) is 0 Å². The Labute approximate surface area is 412 Å². The van der Waals surface area contributed by atoms with E-state index in [0.717, 1.165) is 116 Å². The van der Waals surface area contributed by atoms with Crippen LogP contribution in [-0.2, 0) is 28.6 Å². The molecule has 0 N–H and O–H groups in total. The van der Waals surface area contributed by atoms with Crippen LogP contribution < -0.4 is 0 Å². The lowest BCUT2D eigenvalue weighted by Crippen LogP contribution is -2.30. The lowest BCUT2D eigenvalue weighted by Gasteiger charge is -2.18. The molecule has 6 heteroatoms. The summed E-state index contributed by atoms with van der Waals surface area (Å²) in [4.78, 5) is 38.0. The molecule has 0 aliphatic carbocycles. The molecule has 0 aliphatic rings. The van der Waals surface area contributed by atoms with Gasteiger partial charge in [-0.1, -0.05) is 232 Å². The largest absolute Gasteiger partial charge is 0.462 e. The van der Waals surface area contributed by atoms with E-state index in [0.29, 0.717) is 19.3 Å². The highest BCUT2D eigenvalue weighted by atomic mass is 16.6. The molecule has 1 atom stereocenters. The van der Waals surface area contributed by atoms with E-state index in [1.54, 1.807) is 0 Å². The van der Waals surface area contributed by atoms with Crippen LogP contribution in [0.15, 0.2) is 122 Å². The Bertz CT molecular complexity index is 1440. The first-order valence-corrected chi connectivity index (χ1v) is 27.0. The second-order valence-electron chi connectivity index (χ2n) is 17.4. The molecule has 67 heavy (non-hydrogen) atoms. The van der Waals surface area contributed by atoms with E-state index in [2.05, 4.69) is 130 Å². The standard InChI is InChI=1S/C61H98O6/c1-4-7-10-13-16-19-22-25-26-27-28-29-30-31-32-33-34-37-39-42-45-48-51-54-60(63)66-57-58(67-61(64)55-52-49-46-43-40-36-24-21-18-15-12-9-6-3)56-65-59(62)53-50-47-44-41-38-35-23-20-17-14-11-8-5-2/h7,9-10,12,16,18-19,21,25-26,28-29,31-32,34,36-37,40,46,49,58H,4-6,8,11,13-15,17,20,22-24,27,30,33,35,38-39,41-45,47-48,50-57H2,1-3H3/b10-7-,12-9-,19-16-,21-18-,26-25-,29-28-,32-31-,37-34-,40-36-,49-46-. The SMILES string of the molecule is CC/C=C\C/C=C\C/C=C\C/C=C\C/C=C\C/C=C\CCCCCCC(=O)OCC(COC(=O)CCCCCCCCCCCCCCC)OC(=O)CC/C=C\C/C=C\C/C=C\C/C=C\CC. The molecule has 0 aromatic carbocycles. The van der Waals surface area contributed by atoms with Crippen LogP contribution in [0.3, 0.4) is 0 Å². The second kappa shape index (κ2) is 54.4. The predicted octanol–water partition coefficient (Wildman–Crippen LogP) is 18.1. The van der Waals surface area contributed by atoms with Crippen molar-refractivity contribution in [1.82, 2.24) is 0 Å². The third kappa shape index (κ3) is 52.6. The molecule has 6 nitrogen and oxygen atoms in total. The second-order valence-corrected chi connectivity index (χ2v) is 17.4. The summed E-state index contributed by atoms with van der Waals surface area (Å²) >= 11 is 0. The maximum atomic E-state index is 12.8. The topological polar surface area (TPSA) is 78.9 Å². The third-order valence-electron chi connectivity index (χ3n) is 11.0. The Kier molecular flexibility index (Phi) is 51.0. The van der Waals surface area contributed by atoms with E-state index in [9.17, 15) is 14.4 Å². The van der Waals surface area contributed by atoms with Crippen LogP contribution in [0.25, 0.3) is 0 Å². The van der Waals surface area contributed by atoms with Gasteiger partial charge in [-0.05, 0) is 96.3 Å². The summed E-state index contributed by atoms with van der Waals surface area (Å²) in [7, 11) is 0. The van der Waals surface area contributed by atoms with E-state index in [1.807, 2.05) is 12.2 Å². The van der Waals surface area contributed by atoms with Crippen LogP contribution in [0.1, 0.15) is 226 Å². The Hall–Kier alpha value is -4.19. The molecule has 1 unspecified atom stereocenters. The molecule has 0 aliphatic heterocycles. The quantitative estimate of drug-likeness (QED) is 0.0262. The Morgan fingerprint density at radius 2 is 0.612 bits per heavy atom. The van der Waals surface area contributed by atoms with Gasteiger partial charge < -0.3 is 14.2 Å². The van der Waals surface area contributed by atoms with E-state index >= 15 is 0 Å². The highest BCUT2D eigenvalue weighted by molar-refractivity contribution is 5.71. The maximum Gasteiger partial charge on any atom is 0.306 e. The summed E-state index contributed by atoms with van der Waals surface area (Å²) in [6.07, 6.45) is 74.9. The number of allylic oxidation sites excluding steroid dienone is 20. The number of ether oxygens (including phenoxy) is 3. The van der Waals surface area contributed by atoms with Crippen molar-refractivity contribution in [3.05, 3.63) is 122 Å². The molecule has 0 rings (SSSR count). The average molecular weight is 927 g/mol. The zero-order valence-corrected chi connectivity index (χ0v) is 43.1. The molecular weight excluding hydrogens is 829 g/mol. The summed E-state index contributed by atoms with van der Waals surface area (Å²) in [5, 5.41) is 0. The summed E-state index contributed by atoms with van der Waals surface area (Å²) in [6, 6.07) is 0. The molecule has 378 valence electrons. The van der Waals surface area contributed by atoms with E-state index in [-0.39, 0.29) is 31.6 Å². The number of hydrogen-bond acceptors (Lipinski definition) is 6. The maximum absolute atomic E-state index is 12.8. The molecule has 0 radical (unpaired) electrons. The van der Waals surface area contributed by atoms with Gasteiger partial charge in [-0.15, -0.1) is 0 Å². The van der Waals surface area contributed by atoms with Crippen LogP contribution in [-0.4, -0.2) is 37.2 Å². The molecule has 0 amide bonds. The molecule has 0 spiro atoms. The molecular formula is C61H98O6. The van der Waals surface area contributed by atoms with Crippen molar-refractivity contribution >= 4 is 17.9 Å². The molecule has 0 saturated carbocycles. The number of hydrogen-bond donors (Lipinski definition) is 0. The smallest absolute Gasteiger partial charge is 0.306 e. The number of unbranched alkanes of at least 4 members (excludes halogenated alkanes) is 16. The van der Waals surface area contributed by atoms with Crippen molar-refractivity contribution in [3.63, 3.8) is 0 Å². The van der Waals surface area contributed by atoms with Gasteiger partial charge in [0.1, 0.15) is 13.2 Å². The summed E-state index contributed by atoms with van der Waals surface area (Å²) in [5.41, 5.74) is 0. The minimum atomic E-state index is -0.828. The molecule has 0 aromatic heterocycles. The Morgan fingerprint density at radius 1 is 0.313 bits per heavy atom. The van der Waals surface area contributed by atoms with Crippen LogP contribution in [0.4, 0.5) is 0 Å². The zero-order valence-electron chi connectivity index (χ0n) is 43.1. The lowest BCUT2D eigenvalue weighted by molar-refractivity contribution is -0.166. The predicted molar refractivity (Wildman–Crippen MR) is 288 cm³/mol. The van der Waals surface area contributed by atoms with Gasteiger partial charge in [0.05, 0.1) is 0 Å². The average Bonchev–Trinajstić information content (AvgIpc) is 3.33. The highest BCUT2D eigenvalue weighted by Gasteiger charge is 2.19. The van der Waals surface area contributed by atoms with Gasteiger partial charge in [-0.3, -0.25) is 14.4 Å². The van der Waals surface area contributed by atoms with Crippen LogP contribution >= 0.6 is 0 Å². The van der Waals surface area contributed by atoms with Gasteiger partial charge >= 0.3 is 17.9 Å². The minimum Gasteiger partial charge on any atom is -0.462 e. The van der Waals surface area contributed by atoms with Crippen molar-refractivity contribution in [2.24, 2.45) is 0 Å². The van der Waals surface area contributed by atoms with Gasteiger partial charge in [-0.25, -0.2) is 0 Å². The van der Waals surface area contributed by atoms with Gasteiger partial charge in [0.25, 0.3) is 0 Å². The number of esters is 3. The fourth-order valence-corrected chi connectivity index (χ4v) is 6.99. The zero-order chi connectivity index (χ0) is 48.6. The lowest BCUT2D eigenvalue weighted by atomic mass is 10.0. The summed E-state index contributed by atoms with van der Waals surface area (Å²) < 4.78 is 16.7. The monoisotopic (exact) mass is 927 g/mol. The van der Waals surface area contributed by atoms with Gasteiger partial charge in [0.15, 0.2) is 6.10 Å².